The number of cyclic esters (lactones) is 1. The van der Waals surface area contributed by atoms with Gasteiger partial charge in [-0.25, -0.2) is 24.3 Å². The molecule has 3 amide bonds. The van der Waals surface area contributed by atoms with Crippen LogP contribution in [0.4, 0.5) is 37.3 Å². The number of amides is 3. The van der Waals surface area contributed by atoms with Gasteiger partial charge < -0.3 is 14.9 Å². The van der Waals surface area contributed by atoms with E-state index in [-0.39, 0.29) is 47.7 Å². The molecule has 38 heavy (non-hydrogen) atoms. The quantitative estimate of drug-likeness (QED) is 0.461. The molecule has 204 valence electrons. The van der Waals surface area contributed by atoms with Gasteiger partial charge in [0.15, 0.2) is 0 Å². The van der Waals surface area contributed by atoms with Gasteiger partial charge in [0.1, 0.15) is 12.4 Å². The lowest BCUT2D eigenvalue weighted by molar-refractivity contribution is 0.177. The molecule has 0 aliphatic carbocycles. The number of carboxylic acid groups (broad SMARTS) is 2. The van der Waals surface area contributed by atoms with Crippen molar-refractivity contribution in [3.8, 4) is 0 Å². The first-order chi connectivity index (χ1) is 17.5. The molecule has 0 radical (unpaired) electrons. The molecule has 10 nitrogen and oxygen atoms in total. The first-order valence-corrected chi connectivity index (χ1v) is 12.7. The molecular weight excluding hydrogens is 488 g/mol. The predicted molar refractivity (Wildman–Crippen MR) is 145 cm³/mol. The molecule has 10 heteroatoms. The van der Waals surface area contributed by atoms with E-state index in [4.69, 9.17) is 9.72 Å². The van der Waals surface area contributed by atoms with Crippen molar-refractivity contribution in [2.24, 2.45) is 5.92 Å². The van der Waals surface area contributed by atoms with Gasteiger partial charge in [0.25, 0.3) is 0 Å². The topological polar surface area (TPSA) is 124 Å². The molecule has 0 saturated carbocycles. The number of benzene rings is 1. The normalized spacial score (nSPS) is 17.8. The minimum absolute atomic E-state index is 0.0893. The Labute approximate surface area is 222 Å². The van der Waals surface area contributed by atoms with Gasteiger partial charge in [0.2, 0.25) is 0 Å². The summed E-state index contributed by atoms with van der Waals surface area (Å²) in [6.07, 6.45) is -3.06. The van der Waals surface area contributed by atoms with E-state index >= 15 is 0 Å². The Morgan fingerprint density at radius 1 is 1.00 bits per heavy atom. The van der Waals surface area contributed by atoms with E-state index in [2.05, 4.69) is 0 Å². The fourth-order valence-corrected chi connectivity index (χ4v) is 5.02. The van der Waals surface area contributed by atoms with Crippen LogP contribution in [-0.4, -0.2) is 46.1 Å². The third kappa shape index (κ3) is 4.63. The predicted octanol–water partition coefficient (Wildman–Crippen LogP) is 6.47. The third-order valence-electron chi connectivity index (χ3n) is 7.00. The molecule has 3 heterocycles. The molecule has 0 unspecified atom stereocenters. The molecule has 2 aromatic rings. The summed E-state index contributed by atoms with van der Waals surface area (Å²) in [7, 11) is 0. The molecule has 2 aliphatic rings. The maximum absolute atomic E-state index is 12.7. The first-order valence-electron chi connectivity index (χ1n) is 12.7. The lowest BCUT2D eigenvalue weighted by Gasteiger charge is -2.31. The zero-order valence-corrected chi connectivity index (χ0v) is 23.2. The number of carbonyl (C=O) groups is 3. The van der Waals surface area contributed by atoms with Crippen molar-refractivity contribution in [1.82, 2.24) is 4.98 Å². The fraction of sp³-hybridized carbons (Fsp3) is 0.500. The summed E-state index contributed by atoms with van der Waals surface area (Å²) in [4.78, 5) is 46.5. The minimum Gasteiger partial charge on any atom is -0.465 e. The molecule has 1 aromatic carbocycles. The average Bonchev–Trinajstić information content (AvgIpc) is 3.10. The number of ether oxygens (including phenoxy) is 1. The SMILES string of the molecule is CC(C)[C@@H]1COC(=O)N1c1ccc2c(c1)N(C(=O)O)Cc1cc(C(C)(C)C)c(C(C)(C)C)nc1N2C(=O)O. The molecule has 1 aromatic heterocycles. The molecule has 2 aliphatic heterocycles. The lowest BCUT2D eigenvalue weighted by atomic mass is 9.77. The van der Waals surface area contributed by atoms with Gasteiger partial charge in [-0.2, -0.15) is 0 Å². The molecule has 1 atom stereocenters. The van der Waals surface area contributed by atoms with Crippen molar-refractivity contribution in [1.29, 1.82) is 0 Å². The Balaban J connectivity index is 1.99. The number of aromatic nitrogens is 1. The van der Waals surface area contributed by atoms with Gasteiger partial charge in [-0.15, -0.1) is 0 Å². The largest absolute Gasteiger partial charge is 0.465 e. The second-order valence-electron chi connectivity index (χ2n) is 12.3. The highest BCUT2D eigenvalue weighted by Crippen LogP contribution is 2.45. The van der Waals surface area contributed by atoms with Crippen molar-refractivity contribution in [3.05, 3.63) is 41.1 Å². The highest BCUT2D eigenvalue weighted by molar-refractivity contribution is 6.05. The van der Waals surface area contributed by atoms with Gasteiger partial charge in [-0.1, -0.05) is 55.4 Å². The minimum atomic E-state index is -1.29. The van der Waals surface area contributed by atoms with Crippen LogP contribution in [-0.2, 0) is 22.1 Å². The van der Waals surface area contributed by atoms with Crippen LogP contribution in [0.25, 0.3) is 0 Å². The summed E-state index contributed by atoms with van der Waals surface area (Å²) in [6.45, 7) is 16.3. The monoisotopic (exact) mass is 524 g/mol. The van der Waals surface area contributed by atoms with E-state index < -0.39 is 23.7 Å². The zero-order chi connectivity index (χ0) is 28.3. The van der Waals surface area contributed by atoms with E-state index in [0.717, 1.165) is 21.1 Å². The van der Waals surface area contributed by atoms with Crippen LogP contribution in [0.1, 0.15) is 72.2 Å². The Morgan fingerprint density at radius 3 is 2.18 bits per heavy atom. The number of hydrogen-bond acceptors (Lipinski definition) is 5. The van der Waals surface area contributed by atoms with Crippen LogP contribution >= 0.6 is 0 Å². The highest BCUT2D eigenvalue weighted by atomic mass is 16.6. The number of anilines is 4. The van der Waals surface area contributed by atoms with Crippen LogP contribution in [0.15, 0.2) is 24.3 Å². The van der Waals surface area contributed by atoms with E-state index in [1.807, 2.05) is 61.5 Å². The van der Waals surface area contributed by atoms with E-state index in [9.17, 15) is 24.6 Å². The summed E-state index contributed by atoms with van der Waals surface area (Å²) in [5.41, 5.74) is 2.16. The van der Waals surface area contributed by atoms with E-state index in [0.29, 0.717) is 11.3 Å². The molecule has 1 saturated heterocycles. The molecule has 0 spiro atoms. The number of fused-ring (bicyclic) bond motifs is 2. The summed E-state index contributed by atoms with van der Waals surface area (Å²) >= 11 is 0. The maximum atomic E-state index is 12.7. The number of hydrogen-bond donors (Lipinski definition) is 2. The van der Waals surface area contributed by atoms with Crippen molar-refractivity contribution < 1.29 is 29.3 Å². The van der Waals surface area contributed by atoms with Gasteiger partial charge in [0.05, 0.1) is 29.7 Å². The maximum Gasteiger partial charge on any atom is 0.417 e. The van der Waals surface area contributed by atoms with Gasteiger partial charge in [-0.05, 0) is 41.2 Å². The number of pyridine rings is 1. The molecular formula is C28H36N4O6. The summed E-state index contributed by atoms with van der Waals surface area (Å²) in [5.74, 6) is 0.264. The van der Waals surface area contributed by atoms with Crippen molar-refractivity contribution in [2.45, 2.75) is 78.8 Å². The lowest BCUT2D eigenvalue weighted by Crippen LogP contribution is -2.37. The first kappa shape index (κ1) is 27.2. The second-order valence-corrected chi connectivity index (χ2v) is 12.3. The second kappa shape index (κ2) is 9.18. The number of rotatable bonds is 2. The van der Waals surface area contributed by atoms with Gasteiger partial charge in [-0.3, -0.25) is 9.80 Å². The van der Waals surface area contributed by atoms with Crippen molar-refractivity contribution >= 4 is 41.2 Å². The van der Waals surface area contributed by atoms with Crippen LogP contribution in [0.2, 0.25) is 0 Å². The Bertz CT molecular complexity index is 1310. The Kier molecular flexibility index (Phi) is 6.58. The average molecular weight is 525 g/mol. The Hall–Kier alpha value is -3.82. The standard InChI is InChI=1S/C28H36N4O6/c1-15(2)21-14-38-26(37)31(21)17-9-10-19-20(12-17)30(24(33)34)13-16-11-18(27(3,4)5)22(28(6,7)8)29-23(16)32(19)25(35)36/h9-12,15,21H,13-14H2,1-8H3,(H,33,34)(H,35,36)/t21-/m0/s1. The fourth-order valence-electron chi connectivity index (χ4n) is 5.02. The number of carbonyl (C=O) groups excluding carboxylic acids is 1. The van der Waals surface area contributed by atoms with Gasteiger partial charge in [0, 0.05) is 16.7 Å². The zero-order valence-electron chi connectivity index (χ0n) is 23.2. The van der Waals surface area contributed by atoms with Crippen LogP contribution < -0.4 is 14.7 Å². The molecule has 0 bridgehead atoms. The summed E-state index contributed by atoms with van der Waals surface area (Å²) in [5, 5.41) is 20.6. The summed E-state index contributed by atoms with van der Waals surface area (Å²) in [6, 6.07) is 6.35. The van der Waals surface area contributed by atoms with Crippen LogP contribution in [0.5, 0.6) is 0 Å². The summed E-state index contributed by atoms with van der Waals surface area (Å²) < 4.78 is 5.28. The molecule has 4 rings (SSSR count). The Morgan fingerprint density at radius 2 is 1.66 bits per heavy atom. The van der Waals surface area contributed by atoms with E-state index in [1.165, 1.54) is 11.0 Å². The third-order valence-corrected chi connectivity index (χ3v) is 7.00. The molecule has 2 N–H and O–H groups in total. The van der Waals surface area contributed by atoms with Crippen LogP contribution in [0.3, 0.4) is 0 Å². The van der Waals surface area contributed by atoms with Gasteiger partial charge >= 0.3 is 18.3 Å². The van der Waals surface area contributed by atoms with Crippen LogP contribution in [0, 0.1) is 5.92 Å². The highest BCUT2D eigenvalue weighted by Gasteiger charge is 2.40. The number of nitrogens with zero attached hydrogens (tertiary/aromatic N) is 4. The van der Waals surface area contributed by atoms with Crippen molar-refractivity contribution in [2.75, 3.05) is 21.3 Å². The van der Waals surface area contributed by atoms with E-state index in [1.54, 1.807) is 12.1 Å². The van der Waals surface area contributed by atoms with Crippen molar-refractivity contribution in [3.63, 3.8) is 0 Å². The smallest absolute Gasteiger partial charge is 0.417 e. The molecule has 1 fully saturated rings.